The largest absolute Gasteiger partial charge is 0.308 e. The summed E-state index contributed by atoms with van der Waals surface area (Å²) in [5, 5.41) is 14.5. The van der Waals surface area contributed by atoms with Gasteiger partial charge in [0.05, 0.1) is 6.54 Å². The summed E-state index contributed by atoms with van der Waals surface area (Å²) >= 11 is 0. The van der Waals surface area contributed by atoms with Crippen molar-refractivity contribution in [2.45, 2.75) is 46.6 Å². The highest BCUT2D eigenvalue weighted by Crippen LogP contribution is 2.30. The highest BCUT2D eigenvalue weighted by molar-refractivity contribution is 5.80. The van der Waals surface area contributed by atoms with Crippen LogP contribution in [0, 0.1) is 6.92 Å². The monoisotopic (exact) mass is 437 g/mol. The van der Waals surface area contributed by atoms with Gasteiger partial charge in [0.15, 0.2) is 5.65 Å². The first kappa shape index (κ1) is 21.0. The van der Waals surface area contributed by atoms with Gasteiger partial charge in [-0.3, -0.25) is 0 Å². The molecule has 0 saturated heterocycles. The van der Waals surface area contributed by atoms with Crippen molar-refractivity contribution in [1.82, 2.24) is 35.2 Å². The Hall–Kier alpha value is -3.87. The lowest BCUT2D eigenvalue weighted by atomic mass is 9.98. The molecule has 0 fully saturated rings. The number of rotatable bonds is 6. The van der Waals surface area contributed by atoms with Gasteiger partial charge < -0.3 is 4.57 Å². The standard InChI is InChI=1S/C26H27N7/c1-5-23-28-24-17(4)14-22(16(2)3)27-26(24)33(23)15-18-10-12-19(13-11-18)20-8-6-7-9-21(20)25-29-31-32-30-25/h6-14,16H,5,15H2,1-4H3,(H,29,30,31,32). The van der Waals surface area contributed by atoms with Crippen LogP contribution in [-0.4, -0.2) is 35.2 Å². The normalized spacial score (nSPS) is 11.5. The van der Waals surface area contributed by atoms with Gasteiger partial charge in [0.1, 0.15) is 11.3 Å². The molecule has 0 amide bonds. The molecule has 3 aromatic heterocycles. The fourth-order valence-electron chi connectivity index (χ4n) is 4.22. The summed E-state index contributed by atoms with van der Waals surface area (Å²) in [7, 11) is 0. The first-order valence-corrected chi connectivity index (χ1v) is 11.3. The van der Waals surface area contributed by atoms with E-state index in [1.54, 1.807) is 0 Å². The van der Waals surface area contributed by atoms with E-state index in [1.807, 2.05) is 18.2 Å². The Morgan fingerprint density at radius 1 is 0.970 bits per heavy atom. The lowest BCUT2D eigenvalue weighted by Crippen LogP contribution is -2.06. The van der Waals surface area contributed by atoms with Crippen molar-refractivity contribution in [3.63, 3.8) is 0 Å². The summed E-state index contributed by atoms with van der Waals surface area (Å²) in [5.74, 6) is 2.03. The van der Waals surface area contributed by atoms with Crippen LogP contribution in [0.4, 0.5) is 0 Å². The number of hydrogen-bond donors (Lipinski definition) is 1. The van der Waals surface area contributed by atoms with Crippen LogP contribution in [0.1, 0.15) is 49.3 Å². The molecule has 0 bridgehead atoms. The number of imidazole rings is 1. The number of fused-ring (bicyclic) bond motifs is 1. The van der Waals surface area contributed by atoms with Gasteiger partial charge in [0.2, 0.25) is 5.82 Å². The van der Waals surface area contributed by atoms with Gasteiger partial charge in [-0.2, -0.15) is 5.21 Å². The van der Waals surface area contributed by atoms with Gasteiger partial charge in [-0.05, 0) is 46.4 Å². The maximum atomic E-state index is 4.98. The molecule has 0 aliphatic heterocycles. The quantitative estimate of drug-likeness (QED) is 0.388. The Morgan fingerprint density at radius 2 is 1.73 bits per heavy atom. The third-order valence-corrected chi connectivity index (χ3v) is 6.02. The summed E-state index contributed by atoms with van der Waals surface area (Å²) in [6.45, 7) is 9.37. The van der Waals surface area contributed by atoms with Gasteiger partial charge in [0, 0.05) is 17.7 Å². The van der Waals surface area contributed by atoms with Crippen LogP contribution in [0.25, 0.3) is 33.7 Å². The summed E-state index contributed by atoms with van der Waals surface area (Å²) in [5.41, 5.74) is 8.62. The van der Waals surface area contributed by atoms with E-state index in [2.05, 4.69) is 89.3 Å². The van der Waals surface area contributed by atoms with Crippen molar-refractivity contribution in [3.8, 4) is 22.5 Å². The van der Waals surface area contributed by atoms with Gasteiger partial charge in [-0.15, -0.1) is 10.2 Å². The smallest absolute Gasteiger partial charge is 0.205 e. The summed E-state index contributed by atoms with van der Waals surface area (Å²) in [4.78, 5) is 9.89. The summed E-state index contributed by atoms with van der Waals surface area (Å²) < 4.78 is 2.26. The molecule has 2 aromatic carbocycles. The van der Waals surface area contributed by atoms with Crippen LogP contribution in [0.2, 0.25) is 0 Å². The molecule has 0 aliphatic carbocycles. The van der Waals surface area contributed by atoms with Crippen molar-refractivity contribution in [2.24, 2.45) is 0 Å². The molecule has 0 atom stereocenters. The zero-order valence-corrected chi connectivity index (χ0v) is 19.4. The predicted octanol–water partition coefficient (Wildman–Crippen LogP) is 5.32. The fourth-order valence-corrected chi connectivity index (χ4v) is 4.22. The number of pyridine rings is 1. The zero-order chi connectivity index (χ0) is 22.9. The third kappa shape index (κ3) is 3.91. The fraction of sp³-hybridized carbons (Fsp3) is 0.269. The molecule has 3 heterocycles. The number of aromatic nitrogens is 7. The van der Waals surface area contributed by atoms with E-state index in [4.69, 9.17) is 9.97 Å². The van der Waals surface area contributed by atoms with E-state index in [1.165, 1.54) is 11.1 Å². The maximum Gasteiger partial charge on any atom is 0.205 e. The second-order valence-electron chi connectivity index (χ2n) is 8.64. The SMILES string of the molecule is CCc1nc2c(C)cc(C(C)C)nc2n1Cc1ccc(-c2ccccc2-c2nn[nH]n2)cc1. The second kappa shape index (κ2) is 8.58. The Morgan fingerprint density at radius 3 is 2.39 bits per heavy atom. The number of hydrogen-bond acceptors (Lipinski definition) is 5. The Labute approximate surface area is 192 Å². The van der Waals surface area contributed by atoms with E-state index in [0.29, 0.717) is 11.7 Å². The molecule has 0 aliphatic rings. The Kier molecular flexibility index (Phi) is 5.46. The Bertz CT molecular complexity index is 1400. The molecule has 0 unspecified atom stereocenters. The molecular formula is C26H27N7. The Balaban J connectivity index is 1.51. The topological polar surface area (TPSA) is 85.2 Å². The van der Waals surface area contributed by atoms with Gasteiger partial charge >= 0.3 is 0 Å². The molecule has 5 rings (SSSR count). The van der Waals surface area contributed by atoms with Crippen molar-refractivity contribution in [2.75, 3.05) is 0 Å². The van der Waals surface area contributed by atoms with E-state index >= 15 is 0 Å². The summed E-state index contributed by atoms with van der Waals surface area (Å²) in [6, 6.07) is 18.9. The first-order chi connectivity index (χ1) is 16.0. The minimum Gasteiger partial charge on any atom is -0.308 e. The molecule has 0 radical (unpaired) electrons. The van der Waals surface area contributed by atoms with Crippen molar-refractivity contribution < 1.29 is 0 Å². The highest BCUT2D eigenvalue weighted by Gasteiger charge is 2.16. The number of benzene rings is 2. The number of aryl methyl sites for hydroxylation is 2. The van der Waals surface area contributed by atoms with Crippen LogP contribution in [0.3, 0.4) is 0 Å². The van der Waals surface area contributed by atoms with Crippen molar-refractivity contribution in [1.29, 1.82) is 0 Å². The van der Waals surface area contributed by atoms with E-state index in [9.17, 15) is 0 Å². The van der Waals surface area contributed by atoms with Crippen LogP contribution in [0.5, 0.6) is 0 Å². The maximum absolute atomic E-state index is 4.98. The highest BCUT2D eigenvalue weighted by atomic mass is 15.5. The van der Waals surface area contributed by atoms with E-state index < -0.39 is 0 Å². The predicted molar refractivity (Wildman–Crippen MR) is 130 cm³/mol. The van der Waals surface area contributed by atoms with Gasteiger partial charge in [0.25, 0.3) is 0 Å². The number of nitrogens with one attached hydrogen (secondary N) is 1. The average molecular weight is 438 g/mol. The van der Waals surface area contributed by atoms with Gasteiger partial charge in [-0.25, -0.2) is 9.97 Å². The number of aromatic amines is 1. The molecule has 0 spiro atoms. The summed E-state index contributed by atoms with van der Waals surface area (Å²) in [6.07, 6.45) is 0.864. The van der Waals surface area contributed by atoms with Crippen LogP contribution in [-0.2, 0) is 13.0 Å². The molecule has 5 aromatic rings. The van der Waals surface area contributed by atoms with Crippen molar-refractivity contribution in [3.05, 3.63) is 77.2 Å². The molecule has 7 nitrogen and oxygen atoms in total. The average Bonchev–Trinajstić information content (AvgIpc) is 3.48. The zero-order valence-electron chi connectivity index (χ0n) is 19.4. The van der Waals surface area contributed by atoms with Crippen molar-refractivity contribution >= 4 is 11.2 Å². The molecule has 0 saturated carbocycles. The molecule has 7 heteroatoms. The van der Waals surface area contributed by atoms with Gasteiger partial charge in [-0.1, -0.05) is 69.3 Å². The van der Waals surface area contributed by atoms with E-state index in [-0.39, 0.29) is 0 Å². The minimum atomic E-state index is 0.375. The first-order valence-electron chi connectivity index (χ1n) is 11.3. The van der Waals surface area contributed by atoms with Crippen LogP contribution >= 0.6 is 0 Å². The molecule has 33 heavy (non-hydrogen) atoms. The van der Waals surface area contributed by atoms with Crippen LogP contribution in [0.15, 0.2) is 54.6 Å². The number of nitrogens with zero attached hydrogens (tertiary/aromatic N) is 6. The second-order valence-corrected chi connectivity index (χ2v) is 8.64. The third-order valence-electron chi connectivity index (χ3n) is 6.02. The number of H-pyrrole nitrogens is 1. The molecular weight excluding hydrogens is 410 g/mol. The lowest BCUT2D eigenvalue weighted by Gasteiger charge is -2.12. The van der Waals surface area contributed by atoms with E-state index in [0.717, 1.165) is 52.3 Å². The lowest BCUT2D eigenvalue weighted by molar-refractivity contribution is 0.739. The van der Waals surface area contributed by atoms with Crippen LogP contribution < -0.4 is 0 Å². The molecule has 166 valence electrons. The number of tetrazole rings is 1. The minimum absolute atomic E-state index is 0.375. The molecule has 1 N–H and O–H groups in total.